The standard InChI is InChI=1S/C24H27NO/c1-20(15-16-21-9-4-2-5-10-21)25-18-23-13-8-14-24(17-23)26-19-22-11-6-3-7-12-22/h2-14,17,20,25H,15-16,18-19H2,1H3/t20-/m0/s1. The van der Waals surface area contributed by atoms with Crippen molar-refractivity contribution < 1.29 is 4.74 Å². The quantitative estimate of drug-likeness (QED) is 0.562. The van der Waals surface area contributed by atoms with Gasteiger partial charge in [-0.15, -0.1) is 0 Å². The van der Waals surface area contributed by atoms with Crippen LogP contribution in [0.3, 0.4) is 0 Å². The smallest absolute Gasteiger partial charge is 0.120 e. The van der Waals surface area contributed by atoms with E-state index in [-0.39, 0.29) is 0 Å². The zero-order valence-corrected chi connectivity index (χ0v) is 15.4. The van der Waals surface area contributed by atoms with Gasteiger partial charge in [-0.25, -0.2) is 0 Å². The Labute approximate surface area is 156 Å². The van der Waals surface area contributed by atoms with Gasteiger partial charge in [0, 0.05) is 12.6 Å². The molecule has 26 heavy (non-hydrogen) atoms. The van der Waals surface area contributed by atoms with Crippen LogP contribution in [0.25, 0.3) is 0 Å². The van der Waals surface area contributed by atoms with E-state index in [4.69, 9.17) is 4.74 Å². The first kappa shape index (κ1) is 18.2. The Balaban J connectivity index is 1.44. The molecule has 0 radical (unpaired) electrons. The van der Waals surface area contributed by atoms with Crippen molar-refractivity contribution in [2.75, 3.05) is 0 Å². The number of hydrogen-bond acceptors (Lipinski definition) is 2. The van der Waals surface area contributed by atoms with Crippen LogP contribution < -0.4 is 10.1 Å². The molecular formula is C24H27NO. The molecular weight excluding hydrogens is 318 g/mol. The Kier molecular flexibility index (Phi) is 6.86. The summed E-state index contributed by atoms with van der Waals surface area (Å²) in [6.45, 7) is 3.71. The predicted molar refractivity (Wildman–Crippen MR) is 108 cm³/mol. The highest BCUT2D eigenvalue weighted by Crippen LogP contribution is 2.15. The molecule has 0 aliphatic rings. The van der Waals surface area contributed by atoms with Gasteiger partial charge in [-0.05, 0) is 48.6 Å². The van der Waals surface area contributed by atoms with Crippen molar-refractivity contribution in [2.45, 2.75) is 39.0 Å². The second kappa shape index (κ2) is 9.79. The molecule has 0 amide bonds. The van der Waals surface area contributed by atoms with Gasteiger partial charge in [0.05, 0.1) is 0 Å². The fourth-order valence-corrected chi connectivity index (χ4v) is 2.91. The van der Waals surface area contributed by atoms with E-state index in [2.05, 4.69) is 72.9 Å². The number of nitrogens with one attached hydrogen (secondary N) is 1. The molecule has 0 fully saturated rings. The Morgan fingerprint density at radius 3 is 2.15 bits per heavy atom. The van der Waals surface area contributed by atoms with Crippen molar-refractivity contribution in [3.05, 3.63) is 102 Å². The molecule has 0 bridgehead atoms. The highest BCUT2D eigenvalue weighted by Gasteiger charge is 2.04. The topological polar surface area (TPSA) is 21.3 Å². The van der Waals surface area contributed by atoms with Gasteiger partial charge in [0.2, 0.25) is 0 Å². The molecule has 0 spiro atoms. The van der Waals surface area contributed by atoms with Gasteiger partial charge in [0.1, 0.15) is 12.4 Å². The molecule has 0 saturated carbocycles. The molecule has 0 unspecified atom stereocenters. The Morgan fingerprint density at radius 2 is 1.42 bits per heavy atom. The zero-order valence-electron chi connectivity index (χ0n) is 15.4. The molecule has 0 aromatic heterocycles. The molecule has 3 aromatic carbocycles. The molecule has 0 aliphatic carbocycles. The van der Waals surface area contributed by atoms with Crippen LogP contribution in [-0.2, 0) is 19.6 Å². The highest BCUT2D eigenvalue weighted by atomic mass is 16.5. The van der Waals surface area contributed by atoms with Crippen molar-refractivity contribution in [1.82, 2.24) is 5.32 Å². The molecule has 0 saturated heterocycles. The fourth-order valence-electron chi connectivity index (χ4n) is 2.91. The van der Waals surface area contributed by atoms with E-state index in [1.54, 1.807) is 0 Å². The first-order chi connectivity index (χ1) is 12.8. The average molecular weight is 345 g/mol. The van der Waals surface area contributed by atoms with Crippen LogP contribution in [0.4, 0.5) is 0 Å². The minimum absolute atomic E-state index is 0.476. The number of ether oxygens (including phenoxy) is 1. The lowest BCUT2D eigenvalue weighted by atomic mass is 10.1. The summed E-state index contributed by atoms with van der Waals surface area (Å²) in [6.07, 6.45) is 2.24. The van der Waals surface area contributed by atoms with Crippen molar-refractivity contribution in [2.24, 2.45) is 0 Å². The summed E-state index contributed by atoms with van der Waals surface area (Å²) >= 11 is 0. The Bertz CT molecular complexity index is 770. The van der Waals surface area contributed by atoms with Crippen LogP contribution in [0.5, 0.6) is 5.75 Å². The van der Waals surface area contributed by atoms with Gasteiger partial charge in [0.25, 0.3) is 0 Å². The third-order valence-electron chi connectivity index (χ3n) is 4.51. The summed E-state index contributed by atoms with van der Waals surface area (Å²) in [7, 11) is 0. The van der Waals surface area contributed by atoms with E-state index < -0.39 is 0 Å². The third kappa shape index (κ3) is 6.05. The van der Waals surface area contributed by atoms with E-state index in [0.717, 1.165) is 25.1 Å². The molecule has 3 rings (SSSR count). The fraction of sp³-hybridized carbons (Fsp3) is 0.250. The first-order valence-corrected chi connectivity index (χ1v) is 9.32. The van der Waals surface area contributed by atoms with Crippen molar-refractivity contribution in [1.29, 1.82) is 0 Å². The molecule has 0 aliphatic heterocycles. The largest absolute Gasteiger partial charge is 0.489 e. The van der Waals surface area contributed by atoms with Crippen LogP contribution in [0.15, 0.2) is 84.9 Å². The molecule has 1 N–H and O–H groups in total. The highest BCUT2D eigenvalue weighted by molar-refractivity contribution is 5.29. The predicted octanol–water partition coefficient (Wildman–Crippen LogP) is 5.38. The Hall–Kier alpha value is -2.58. The first-order valence-electron chi connectivity index (χ1n) is 9.32. The van der Waals surface area contributed by atoms with Gasteiger partial charge in [-0.2, -0.15) is 0 Å². The lowest BCUT2D eigenvalue weighted by molar-refractivity contribution is 0.306. The number of hydrogen-bond donors (Lipinski definition) is 1. The normalized spacial score (nSPS) is 11.9. The zero-order chi connectivity index (χ0) is 18.0. The molecule has 3 aromatic rings. The summed E-state index contributed by atoms with van der Waals surface area (Å²) in [4.78, 5) is 0. The average Bonchev–Trinajstić information content (AvgIpc) is 2.71. The summed E-state index contributed by atoms with van der Waals surface area (Å²) in [5.41, 5.74) is 3.84. The number of rotatable bonds is 9. The lowest BCUT2D eigenvalue weighted by Crippen LogP contribution is -2.25. The van der Waals surface area contributed by atoms with Crippen LogP contribution in [-0.4, -0.2) is 6.04 Å². The molecule has 134 valence electrons. The van der Waals surface area contributed by atoms with Gasteiger partial charge < -0.3 is 10.1 Å². The molecule has 2 nitrogen and oxygen atoms in total. The van der Waals surface area contributed by atoms with Crippen molar-refractivity contribution >= 4 is 0 Å². The van der Waals surface area contributed by atoms with E-state index in [1.807, 2.05) is 24.3 Å². The van der Waals surface area contributed by atoms with E-state index in [1.165, 1.54) is 16.7 Å². The Morgan fingerprint density at radius 1 is 0.769 bits per heavy atom. The van der Waals surface area contributed by atoms with E-state index >= 15 is 0 Å². The monoisotopic (exact) mass is 345 g/mol. The summed E-state index contributed by atoms with van der Waals surface area (Å²) < 4.78 is 5.92. The third-order valence-corrected chi connectivity index (χ3v) is 4.51. The maximum atomic E-state index is 5.92. The minimum Gasteiger partial charge on any atom is -0.489 e. The summed E-state index contributed by atoms with van der Waals surface area (Å²) in [5.74, 6) is 0.921. The second-order valence-electron chi connectivity index (χ2n) is 6.73. The van der Waals surface area contributed by atoms with Crippen molar-refractivity contribution in [3.63, 3.8) is 0 Å². The van der Waals surface area contributed by atoms with Gasteiger partial charge in [-0.3, -0.25) is 0 Å². The van der Waals surface area contributed by atoms with Gasteiger partial charge in [-0.1, -0.05) is 72.8 Å². The van der Waals surface area contributed by atoms with E-state index in [9.17, 15) is 0 Å². The lowest BCUT2D eigenvalue weighted by Gasteiger charge is -2.14. The van der Waals surface area contributed by atoms with Crippen LogP contribution in [0, 0.1) is 0 Å². The summed E-state index contributed by atoms with van der Waals surface area (Å²) in [6, 6.07) is 29.8. The SMILES string of the molecule is C[C@@H](CCc1ccccc1)NCc1cccc(OCc2ccccc2)c1. The number of aryl methyl sites for hydroxylation is 1. The number of benzene rings is 3. The van der Waals surface area contributed by atoms with Crippen LogP contribution >= 0.6 is 0 Å². The summed E-state index contributed by atoms with van der Waals surface area (Å²) in [5, 5.41) is 3.61. The van der Waals surface area contributed by atoms with E-state index in [0.29, 0.717) is 12.6 Å². The van der Waals surface area contributed by atoms with Crippen molar-refractivity contribution in [3.8, 4) is 5.75 Å². The minimum atomic E-state index is 0.476. The van der Waals surface area contributed by atoms with Crippen LogP contribution in [0.2, 0.25) is 0 Å². The maximum Gasteiger partial charge on any atom is 0.120 e. The van der Waals surface area contributed by atoms with Crippen LogP contribution in [0.1, 0.15) is 30.0 Å². The molecule has 0 heterocycles. The van der Waals surface area contributed by atoms with Gasteiger partial charge >= 0.3 is 0 Å². The van der Waals surface area contributed by atoms with Gasteiger partial charge in [0.15, 0.2) is 0 Å². The second-order valence-corrected chi connectivity index (χ2v) is 6.73. The molecule has 2 heteroatoms. The molecule has 1 atom stereocenters. The maximum absolute atomic E-state index is 5.92.